The summed E-state index contributed by atoms with van der Waals surface area (Å²) >= 11 is 0. The van der Waals surface area contributed by atoms with E-state index in [9.17, 15) is 4.79 Å². The summed E-state index contributed by atoms with van der Waals surface area (Å²) in [5, 5.41) is 3.59. The summed E-state index contributed by atoms with van der Waals surface area (Å²) in [6.45, 7) is 0. The van der Waals surface area contributed by atoms with Gasteiger partial charge in [0.25, 0.3) is 0 Å². The summed E-state index contributed by atoms with van der Waals surface area (Å²) in [5.41, 5.74) is 0.993. The fourth-order valence-electron chi connectivity index (χ4n) is 3.47. The van der Waals surface area contributed by atoms with Crippen molar-refractivity contribution in [3.8, 4) is 0 Å². The number of piperidine rings is 1. The quantitative estimate of drug-likeness (QED) is 0.893. The highest BCUT2D eigenvalue weighted by molar-refractivity contribution is 5.86. The van der Waals surface area contributed by atoms with Crippen LogP contribution in [0.5, 0.6) is 0 Å². The predicted octanol–water partition coefficient (Wildman–Crippen LogP) is 2.70. The van der Waals surface area contributed by atoms with Gasteiger partial charge in [-0.25, -0.2) is 0 Å². The monoisotopic (exact) mass is 247 g/mol. The highest BCUT2D eigenvalue weighted by Gasteiger charge is 2.34. The van der Waals surface area contributed by atoms with Gasteiger partial charge in [-0.2, -0.15) is 0 Å². The first kappa shape index (κ1) is 12.0. The van der Waals surface area contributed by atoms with Gasteiger partial charge in [-0.15, -0.1) is 0 Å². The molecule has 0 bridgehead atoms. The fraction of sp³-hybridized carbons (Fsp3) is 0.667. The summed E-state index contributed by atoms with van der Waals surface area (Å²) < 4.78 is 5.02. The van der Waals surface area contributed by atoms with Crippen molar-refractivity contribution >= 4 is 5.78 Å². The van der Waals surface area contributed by atoms with Gasteiger partial charge in [-0.3, -0.25) is 4.79 Å². The molecule has 98 valence electrons. The topological polar surface area (TPSA) is 42.2 Å². The molecule has 18 heavy (non-hydrogen) atoms. The highest BCUT2D eigenvalue weighted by Crippen LogP contribution is 2.32. The molecule has 0 spiro atoms. The Balaban J connectivity index is 1.58. The summed E-state index contributed by atoms with van der Waals surface area (Å²) in [4.78, 5) is 12.2. The molecule has 1 aromatic heterocycles. The van der Waals surface area contributed by atoms with Crippen molar-refractivity contribution in [2.24, 2.45) is 5.92 Å². The molecule has 1 N–H and O–H groups in total. The fourth-order valence-corrected chi connectivity index (χ4v) is 3.47. The lowest BCUT2D eigenvalue weighted by atomic mass is 9.77. The molecular formula is C15H21NO2. The summed E-state index contributed by atoms with van der Waals surface area (Å²) in [6.07, 6.45) is 11.3. The molecule has 0 amide bonds. The molecular weight excluding hydrogens is 226 g/mol. The minimum atomic E-state index is 0.0687. The Morgan fingerprint density at radius 1 is 1.28 bits per heavy atom. The molecule has 2 aliphatic rings. The Hall–Kier alpha value is -1.09. The van der Waals surface area contributed by atoms with Crippen LogP contribution in [0.25, 0.3) is 0 Å². The molecule has 1 saturated carbocycles. The first-order valence-electron chi connectivity index (χ1n) is 7.13. The molecule has 0 radical (unpaired) electrons. The van der Waals surface area contributed by atoms with Crippen LogP contribution in [0.2, 0.25) is 0 Å². The van der Waals surface area contributed by atoms with Crippen LogP contribution in [0.3, 0.4) is 0 Å². The van der Waals surface area contributed by atoms with Crippen LogP contribution in [-0.4, -0.2) is 17.9 Å². The van der Waals surface area contributed by atoms with Crippen LogP contribution in [0, 0.1) is 5.92 Å². The van der Waals surface area contributed by atoms with Gasteiger partial charge in [-0.05, 0) is 43.2 Å². The minimum Gasteiger partial charge on any atom is -0.472 e. The summed E-state index contributed by atoms with van der Waals surface area (Å²) in [6, 6.07) is 2.54. The standard InChI is InChI=1S/C15H21NO2/c17-15(9-11-7-8-18-10-11)14-6-5-12-3-1-2-4-13(12)16-14/h7-8,10,12-14,16H,1-6,9H2. The van der Waals surface area contributed by atoms with E-state index in [4.69, 9.17) is 4.42 Å². The van der Waals surface area contributed by atoms with E-state index in [0.717, 1.165) is 17.9 Å². The normalized spacial score (nSPS) is 31.9. The molecule has 3 rings (SSSR count). The zero-order chi connectivity index (χ0) is 12.4. The Kier molecular flexibility index (Phi) is 3.50. The van der Waals surface area contributed by atoms with Crippen molar-refractivity contribution in [2.75, 3.05) is 0 Å². The first-order valence-corrected chi connectivity index (χ1v) is 7.13. The number of Topliss-reactive ketones (excluding diaryl/α,β-unsaturated/α-hetero) is 1. The maximum Gasteiger partial charge on any atom is 0.154 e. The molecule has 2 heterocycles. The molecule has 0 aromatic carbocycles. The Bertz CT molecular complexity index is 399. The number of nitrogens with one attached hydrogen (secondary N) is 1. The highest BCUT2D eigenvalue weighted by atomic mass is 16.3. The van der Waals surface area contributed by atoms with Gasteiger partial charge >= 0.3 is 0 Å². The average molecular weight is 247 g/mol. The van der Waals surface area contributed by atoms with Crippen LogP contribution >= 0.6 is 0 Å². The minimum absolute atomic E-state index is 0.0687. The first-order chi connectivity index (χ1) is 8.83. The van der Waals surface area contributed by atoms with Crippen LogP contribution < -0.4 is 5.32 Å². The SMILES string of the molecule is O=C(Cc1ccoc1)C1CCC2CCCCC2N1. The molecule has 3 nitrogen and oxygen atoms in total. The zero-order valence-corrected chi connectivity index (χ0v) is 10.7. The van der Waals surface area contributed by atoms with Crippen LogP contribution in [0.1, 0.15) is 44.1 Å². The van der Waals surface area contributed by atoms with Gasteiger partial charge in [0.1, 0.15) is 0 Å². The van der Waals surface area contributed by atoms with E-state index in [0.29, 0.717) is 18.2 Å². The summed E-state index contributed by atoms with van der Waals surface area (Å²) in [5.74, 6) is 1.14. The molecule has 2 fully saturated rings. The Labute approximate surface area is 108 Å². The molecule has 3 unspecified atom stereocenters. The van der Waals surface area contributed by atoms with Crippen molar-refractivity contribution in [3.05, 3.63) is 24.2 Å². The lowest BCUT2D eigenvalue weighted by Gasteiger charge is -2.40. The number of hydrogen-bond acceptors (Lipinski definition) is 3. The number of fused-ring (bicyclic) bond motifs is 1. The molecule has 1 saturated heterocycles. The van der Waals surface area contributed by atoms with Crippen LogP contribution in [0.4, 0.5) is 0 Å². The lowest BCUT2D eigenvalue weighted by Crippen LogP contribution is -2.52. The average Bonchev–Trinajstić information content (AvgIpc) is 2.91. The van der Waals surface area contributed by atoms with E-state index in [1.807, 2.05) is 6.07 Å². The summed E-state index contributed by atoms with van der Waals surface area (Å²) in [7, 11) is 0. The van der Waals surface area contributed by atoms with Gasteiger partial charge < -0.3 is 9.73 Å². The van der Waals surface area contributed by atoms with E-state index in [-0.39, 0.29) is 6.04 Å². The maximum atomic E-state index is 12.2. The van der Waals surface area contributed by atoms with Crippen molar-refractivity contribution in [1.82, 2.24) is 5.32 Å². The third-order valence-electron chi connectivity index (χ3n) is 4.50. The Morgan fingerprint density at radius 2 is 2.17 bits per heavy atom. The second-order valence-electron chi connectivity index (χ2n) is 5.72. The van der Waals surface area contributed by atoms with Gasteiger partial charge in [0.15, 0.2) is 5.78 Å². The molecule has 1 aromatic rings. The van der Waals surface area contributed by atoms with Crippen molar-refractivity contribution in [3.63, 3.8) is 0 Å². The molecule has 3 atom stereocenters. The smallest absolute Gasteiger partial charge is 0.154 e. The molecule has 3 heteroatoms. The van der Waals surface area contributed by atoms with E-state index >= 15 is 0 Å². The van der Waals surface area contributed by atoms with Gasteiger partial charge in [0.2, 0.25) is 0 Å². The molecule has 1 aliphatic heterocycles. The number of rotatable bonds is 3. The number of carbonyl (C=O) groups is 1. The predicted molar refractivity (Wildman–Crippen MR) is 69.3 cm³/mol. The van der Waals surface area contributed by atoms with E-state index in [1.54, 1.807) is 12.5 Å². The lowest BCUT2D eigenvalue weighted by molar-refractivity contribution is -0.121. The van der Waals surface area contributed by atoms with Gasteiger partial charge in [0.05, 0.1) is 18.6 Å². The van der Waals surface area contributed by atoms with Crippen LogP contribution in [0.15, 0.2) is 23.0 Å². The number of ketones is 1. The second-order valence-corrected chi connectivity index (χ2v) is 5.72. The van der Waals surface area contributed by atoms with Crippen LogP contribution in [-0.2, 0) is 11.2 Å². The largest absolute Gasteiger partial charge is 0.472 e. The van der Waals surface area contributed by atoms with E-state index in [2.05, 4.69) is 5.32 Å². The van der Waals surface area contributed by atoms with E-state index < -0.39 is 0 Å². The third kappa shape index (κ3) is 2.51. The zero-order valence-electron chi connectivity index (χ0n) is 10.7. The van der Waals surface area contributed by atoms with Gasteiger partial charge in [-0.1, -0.05) is 12.8 Å². The van der Waals surface area contributed by atoms with Gasteiger partial charge in [0, 0.05) is 12.5 Å². The number of hydrogen-bond donors (Lipinski definition) is 1. The molecule has 1 aliphatic carbocycles. The maximum absolute atomic E-state index is 12.2. The Morgan fingerprint density at radius 3 is 3.00 bits per heavy atom. The number of furan rings is 1. The van der Waals surface area contributed by atoms with Crippen molar-refractivity contribution in [1.29, 1.82) is 0 Å². The number of carbonyl (C=O) groups excluding carboxylic acids is 1. The van der Waals surface area contributed by atoms with Crippen molar-refractivity contribution < 1.29 is 9.21 Å². The van der Waals surface area contributed by atoms with E-state index in [1.165, 1.54) is 32.1 Å². The van der Waals surface area contributed by atoms with Crippen molar-refractivity contribution in [2.45, 2.75) is 57.0 Å². The second kappa shape index (κ2) is 5.27. The third-order valence-corrected chi connectivity index (χ3v) is 4.50.